The molecule has 0 saturated carbocycles. The molecule has 0 bridgehead atoms. The van der Waals surface area contributed by atoms with Gasteiger partial charge in [-0.2, -0.15) is 0 Å². The molecule has 1 aromatic rings. The molecule has 1 aliphatic heterocycles. The largest absolute Gasteiger partial charge is 0.493 e. The van der Waals surface area contributed by atoms with Gasteiger partial charge in [0.25, 0.3) is 5.91 Å². The maximum absolute atomic E-state index is 12.4. The molecular formula is C14H15FN2O3. The Hall–Kier alpha value is -2.37. The first-order valence-corrected chi connectivity index (χ1v) is 6.21. The fourth-order valence-corrected chi connectivity index (χ4v) is 1.99. The lowest BCUT2D eigenvalue weighted by Crippen LogP contribution is -2.40. The van der Waals surface area contributed by atoms with E-state index >= 15 is 0 Å². The van der Waals surface area contributed by atoms with E-state index in [2.05, 4.69) is 17.2 Å². The number of carbonyl (C=O) groups is 2. The molecule has 2 rings (SSSR count). The van der Waals surface area contributed by atoms with Gasteiger partial charge < -0.3 is 15.4 Å². The highest BCUT2D eigenvalue weighted by atomic mass is 19.1. The molecule has 1 atom stereocenters. The van der Waals surface area contributed by atoms with Crippen molar-refractivity contribution in [1.82, 2.24) is 10.6 Å². The molecule has 0 fully saturated rings. The van der Waals surface area contributed by atoms with Gasteiger partial charge in [0.2, 0.25) is 5.91 Å². The number of benzene rings is 1. The first kappa shape index (κ1) is 14.0. The molecular weight excluding hydrogens is 263 g/mol. The van der Waals surface area contributed by atoms with Crippen LogP contribution in [0, 0.1) is 0 Å². The Morgan fingerprint density at radius 1 is 1.40 bits per heavy atom. The van der Waals surface area contributed by atoms with Crippen LogP contribution in [0.1, 0.15) is 18.0 Å². The summed E-state index contributed by atoms with van der Waals surface area (Å²) in [6, 6.07) is 7.26. The normalized spacial score (nSPS) is 16.6. The average molecular weight is 278 g/mol. The third-order valence-electron chi connectivity index (χ3n) is 2.95. The van der Waals surface area contributed by atoms with Gasteiger partial charge in [-0.1, -0.05) is 24.8 Å². The number of fused-ring (bicyclic) bond motifs is 1. The minimum atomic E-state index is -1.12. The van der Waals surface area contributed by atoms with Crippen molar-refractivity contribution in [3.05, 3.63) is 42.2 Å². The highest BCUT2D eigenvalue weighted by Gasteiger charge is 2.22. The highest BCUT2D eigenvalue weighted by Crippen LogP contribution is 2.31. The number of halogens is 1. The van der Waals surface area contributed by atoms with E-state index in [4.69, 9.17) is 4.74 Å². The van der Waals surface area contributed by atoms with Crippen molar-refractivity contribution in [3.63, 3.8) is 0 Å². The number of hydrogen-bond acceptors (Lipinski definition) is 3. The summed E-state index contributed by atoms with van der Waals surface area (Å²) in [5, 5.41) is 4.92. The molecule has 0 spiro atoms. The van der Waals surface area contributed by atoms with E-state index < -0.39 is 11.7 Å². The number of ether oxygens (including phenoxy) is 1. The van der Waals surface area contributed by atoms with Crippen molar-refractivity contribution in [2.45, 2.75) is 12.5 Å². The molecule has 0 radical (unpaired) electrons. The van der Waals surface area contributed by atoms with Gasteiger partial charge in [-0.3, -0.25) is 9.59 Å². The van der Waals surface area contributed by atoms with Crippen molar-refractivity contribution in [2.24, 2.45) is 0 Å². The van der Waals surface area contributed by atoms with Crippen LogP contribution in [0.5, 0.6) is 5.75 Å². The molecule has 106 valence electrons. The van der Waals surface area contributed by atoms with E-state index in [1.807, 2.05) is 24.3 Å². The zero-order chi connectivity index (χ0) is 14.5. The molecule has 2 N–H and O–H groups in total. The molecule has 0 aromatic heterocycles. The summed E-state index contributed by atoms with van der Waals surface area (Å²) >= 11 is 0. The topological polar surface area (TPSA) is 67.4 Å². The Bertz CT molecular complexity index is 545. The van der Waals surface area contributed by atoms with E-state index in [9.17, 15) is 14.0 Å². The fraction of sp³-hybridized carbons (Fsp3) is 0.286. The van der Waals surface area contributed by atoms with Crippen molar-refractivity contribution in [3.8, 4) is 5.75 Å². The summed E-state index contributed by atoms with van der Waals surface area (Å²) in [7, 11) is 0. The van der Waals surface area contributed by atoms with Crippen LogP contribution in [0.2, 0.25) is 0 Å². The smallest absolute Gasteiger partial charge is 0.279 e. The van der Waals surface area contributed by atoms with Gasteiger partial charge in [-0.25, -0.2) is 4.39 Å². The van der Waals surface area contributed by atoms with Gasteiger partial charge in [-0.15, -0.1) is 0 Å². The van der Waals surface area contributed by atoms with Crippen LogP contribution in [-0.4, -0.2) is 25.0 Å². The predicted octanol–water partition coefficient (Wildman–Crippen LogP) is 1.23. The summed E-state index contributed by atoms with van der Waals surface area (Å²) in [5.74, 6) is -1.74. The lowest BCUT2D eigenvalue weighted by atomic mass is 10.0. The lowest BCUT2D eigenvalue weighted by Gasteiger charge is -2.26. The maximum atomic E-state index is 12.4. The Morgan fingerprint density at radius 2 is 2.15 bits per heavy atom. The molecule has 20 heavy (non-hydrogen) atoms. The number of carbonyl (C=O) groups excluding carboxylic acids is 2. The van der Waals surface area contributed by atoms with Crippen LogP contribution in [0.15, 0.2) is 36.7 Å². The van der Waals surface area contributed by atoms with Crippen LogP contribution in [-0.2, 0) is 9.59 Å². The van der Waals surface area contributed by atoms with Gasteiger partial charge in [0.1, 0.15) is 5.75 Å². The van der Waals surface area contributed by atoms with Gasteiger partial charge >= 0.3 is 0 Å². The molecule has 1 unspecified atom stereocenters. The van der Waals surface area contributed by atoms with Gasteiger partial charge in [0.05, 0.1) is 19.2 Å². The third-order valence-corrected chi connectivity index (χ3v) is 2.95. The number of nitrogens with one attached hydrogen (secondary N) is 2. The van der Waals surface area contributed by atoms with E-state index in [1.54, 1.807) is 0 Å². The minimum Gasteiger partial charge on any atom is -0.493 e. The van der Waals surface area contributed by atoms with Gasteiger partial charge in [0, 0.05) is 12.0 Å². The summed E-state index contributed by atoms with van der Waals surface area (Å²) in [6.07, 6.45) is 0.645. The van der Waals surface area contributed by atoms with Gasteiger partial charge in [-0.05, 0) is 6.07 Å². The van der Waals surface area contributed by atoms with Crippen LogP contribution in [0.25, 0.3) is 0 Å². The van der Waals surface area contributed by atoms with E-state index in [-0.39, 0.29) is 18.5 Å². The van der Waals surface area contributed by atoms with Crippen LogP contribution in [0.4, 0.5) is 4.39 Å². The number of hydrogen-bond donors (Lipinski definition) is 2. The third kappa shape index (κ3) is 3.34. The van der Waals surface area contributed by atoms with Crippen molar-refractivity contribution in [2.75, 3.05) is 13.2 Å². The van der Waals surface area contributed by atoms with E-state index in [1.165, 1.54) is 0 Å². The van der Waals surface area contributed by atoms with Crippen LogP contribution >= 0.6 is 0 Å². The zero-order valence-corrected chi connectivity index (χ0v) is 10.8. The summed E-state index contributed by atoms with van der Waals surface area (Å²) < 4.78 is 17.9. The second-order valence-corrected chi connectivity index (χ2v) is 4.38. The monoisotopic (exact) mass is 278 g/mol. The van der Waals surface area contributed by atoms with Crippen molar-refractivity contribution in [1.29, 1.82) is 0 Å². The van der Waals surface area contributed by atoms with Crippen LogP contribution in [0.3, 0.4) is 0 Å². The molecule has 5 nitrogen and oxygen atoms in total. The fourth-order valence-electron chi connectivity index (χ4n) is 1.99. The maximum Gasteiger partial charge on any atom is 0.279 e. The second kappa shape index (κ2) is 6.18. The Balaban J connectivity index is 1.93. The molecule has 2 amide bonds. The number of rotatable bonds is 4. The number of para-hydroxylation sites is 1. The lowest BCUT2D eigenvalue weighted by molar-refractivity contribution is -0.125. The second-order valence-electron chi connectivity index (χ2n) is 4.38. The molecule has 0 aliphatic carbocycles. The van der Waals surface area contributed by atoms with Crippen molar-refractivity contribution < 1.29 is 18.7 Å². The number of amides is 2. The standard InChI is InChI=1S/C14H15FN2O3/c1-9(15)14(19)16-8-13(18)17-11-6-7-20-12-5-3-2-4-10(11)12/h2-5,11H,1,6-8H2,(H,16,19)(H,17,18). The van der Waals surface area contributed by atoms with E-state index in [0.29, 0.717) is 13.0 Å². The average Bonchev–Trinajstić information content (AvgIpc) is 2.45. The predicted molar refractivity (Wildman–Crippen MR) is 70.7 cm³/mol. The molecule has 6 heteroatoms. The van der Waals surface area contributed by atoms with Crippen LogP contribution < -0.4 is 15.4 Å². The quantitative estimate of drug-likeness (QED) is 0.814. The Kier molecular flexibility index (Phi) is 4.34. The summed E-state index contributed by atoms with van der Waals surface area (Å²) in [5.41, 5.74) is 0.897. The first-order valence-electron chi connectivity index (χ1n) is 6.21. The minimum absolute atomic E-state index is 0.169. The summed E-state index contributed by atoms with van der Waals surface area (Å²) in [6.45, 7) is 3.07. The first-order chi connectivity index (χ1) is 9.58. The molecule has 1 aromatic carbocycles. The molecule has 1 heterocycles. The molecule has 1 aliphatic rings. The SMILES string of the molecule is C=C(F)C(=O)NCC(=O)NC1CCOc2ccccc21. The summed E-state index contributed by atoms with van der Waals surface area (Å²) in [4.78, 5) is 22.7. The Labute approximate surface area is 115 Å². The Morgan fingerprint density at radius 3 is 2.90 bits per heavy atom. The zero-order valence-electron chi connectivity index (χ0n) is 10.8. The van der Waals surface area contributed by atoms with Crippen molar-refractivity contribution >= 4 is 11.8 Å². The highest BCUT2D eigenvalue weighted by molar-refractivity contribution is 5.93. The van der Waals surface area contributed by atoms with E-state index in [0.717, 1.165) is 11.3 Å². The molecule has 0 saturated heterocycles. The van der Waals surface area contributed by atoms with Gasteiger partial charge in [0.15, 0.2) is 5.83 Å².